The van der Waals surface area contributed by atoms with Gasteiger partial charge in [-0.25, -0.2) is 9.97 Å². The van der Waals surface area contributed by atoms with Gasteiger partial charge in [0.2, 0.25) is 17.7 Å². The van der Waals surface area contributed by atoms with Gasteiger partial charge in [-0.1, -0.05) is 5.10 Å². The van der Waals surface area contributed by atoms with Crippen LogP contribution in [0.5, 0.6) is 17.4 Å². The predicted octanol–water partition coefficient (Wildman–Crippen LogP) is 2.78. The third-order valence-electron chi connectivity index (χ3n) is 3.84. The van der Waals surface area contributed by atoms with Crippen molar-refractivity contribution in [2.24, 2.45) is 0 Å². The standard InChI is InChI=1S/C17H16N6O4/c1-24-11-5-4-9(8-12(11)25-2)14-22-23-17(27-14)21-16-19-10-6-7-18-15(26-3)13(10)20-16/h4-8H,1-3H3,(H2,19,20,21,23). The van der Waals surface area contributed by atoms with Crippen LogP contribution < -0.4 is 19.5 Å². The van der Waals surface area contributed by atoms with Crippen LogP contribution in [0.1, 0.15) is 0 Å². The lowest BCUT2D eigenvalue weighted by Gasteiger charge is -2.07. The van der Waals surface area contributed by atoms with E-state index in [4.69, 9.17) is 18.6 Å². The number of pyridine rings is 1. The molecular formula is C17H16N6O4. The maximum Gasteiger partial charge on any atom is 0.322 e. The Labute approximate surface area is 153 Å². The van der Waals surface area contributed by atoms with E-state index < -0.39 is 0 Å². The third-order valence-corrected chi connectivity index (χ3v) is 3.84. The molecule has 3 heterocycles. The number of nitrogens with zero attached hydrogens (tertiary/aromatic N) is 4. The number of hydrogen-bond acceptors (Lipinski definition) is 9. The molecule has 10 heteroatoms. The first kappa shape index (κ1) is 16.6. The summed E-state index contributed by atoms with van der Waals surface area (Å²) in [6.07, 6.45) is 1.63. The highest BCUT2D eigenvalue weighted by molar-refractivity contribution is 5.82. The van der Waals surface area contributed by atoms with Crippen LogP contribution >= 0.6 is 0 Å². The number of ether oxygens (including phenoxy) is 3. The van der Waals surface area contributed by atoms with E-state index in [-0.39, 0.29) is 6.01 Å². The number of methoxy groups -OCH3 is 3. The number of imidazole rings is 1. The van der Waals surface area contributed by atoms with Crippen LogP contribution in [-0.4, -0.2) is 46.5 Å². The van der Waals surface area contributed by atoms with E-state index in [0.717, 1.165) is 5.52 Å². The highest BCUT2D eigenvalue weighted by Crippen LogP contribution is 2.32. The number of aromatic amines is 1. The van der Waals surface area contributed by atoms with E-state index in [1.807, 2.05) is 0 Å². The summed E-state index contributed by atoms with van der Waals surface area (Å²) in [6, 6.07) is 7.30. The fraction of sp³-hybridized carbons (Fsp3) is 0.176. The van der Waals surface area contributed by atoms with Gasteiger partial charge in [-0.05, 0) is 24.3 Å². The number of fused-ring (bicyclic) bond motifs is 1. The van der Waals surface area contributed by atoms with Crippen molar-refractivity contribution >= 4 is 23.0 Å². The summed E-state index contributed by atoms with van der Waals surface area (Å²) in [5, 5.41) is 11.0. The first-order valence-electron chi connectivity index (χ1n) is 7.93. The first-order valence-corrected chi connectivity index (χ1v) is 7.93. The van der Waals surface area contributed by atoms with Crippen molar-refractivity contribution in [1.82, 2.24) is 25.1 Å². The monoisotopic (exact) mass is 368 g/mol. The fourth-order valence-corrected chi connectivity index (χ4v) is 2.58. The molecule has 0 amide bonds. The lowest BCUT2D eigenvalue weighted by molar-refractivity contribution is 0.355. The number of nitrogens with one attached hydrogen (secondary N) is 2. The van der Waals surface area contributed by atoms with E-state index in [1.54, 1.807) is 44.7 Å². The zero-order valence-corrected chi connectivity index (χ0v) is 14.8. The topological polar surface area (TPSA) is 120 Å². The molecule has 0 saturated carbocycles. The summed E-state index contributed by atoms with van der Waals surface area (Å²) >= 11 is 0. The van der Waals surface area contributed by atoms with Crippen LogP contribution in [-0.2, 0) is 0 Å². The molecule has 4 rings (SSSR count). The smallest absolute Gasteiger partial charge is 0.322 e. The molecule has 1 aromatic carbocycles. The van der Waals surface area contributed by atoms with Gasteiger partial charge < -0.3 is 23.6 Å². The first-order chi connectivity index (χ1) is 13.2. The highest BCUT2D eigenvalue weighted by atomic mass is 16.5. The molecule has 4 aromatic rings. The lowest BCUT2D eigenvalue weighted by Crippen LogP contribution is -1.92. The largest absolute Gasteiger partial charge is 0.493 e. The molecule has 0 fully saturated rings. The summed E-state index contributed by atoms with van der Waals surface area (Å²) in [6.45, 7) is 0. The number of anilines is 2. The van der Waals surface area contributed by atoms with Gasteiger partial charge in [0.1, 0.15) is 0 Å². The van der Waals surface area contributed by atoms with Crippen molar-refractivity contribution in [3.63, 3.8) is 0 Å². The second-order valence-corrected chi connectivity index (χ2v) is 5.41. The zero-order valence-electron chi connectivity index (χ0n) is 14.8. The fourth-order valence-electron chi connectivity index (χ4n) is 2.58. The Balaban J connectivity index is 1.60. The summed E-state index contributed by atoms with van der Waals surface area (Å²) in [5.41, 5.74) is 2.06. The number of H-pyrrole nitrogens is 1. The minimum atomic E-state index is 0.186. The zero-order chi connectivity index (χ0) is 18.8. The van der Waals surface area contributed by atoms with E-state index >= 15 is 0 Å². The maximum atomic E-state index is 5.66. The number of rotatable bonds is 6. The Morgan fingerprint density at radius 1 is 1.00 bits per heavy atom. The van der Waals surface area contributed by atoms with Crippen LogP contribution in [0.25, 0.3) is 22.5 Å². The maximum absolute atomic E-state index is 5.66. The van der Waals surface area contributed by atoms with Crippen molar-refractivity contribution < 1.29 is 18.6 Å². The molecule has 3 aromatic heterocycles. The molecule has 27 heavy (non-hydrogen) atoms. The molecular weight excluding hydrogens is 352 g/mol. The summed E-state index contributed by atoms with van der Waals surface area (Å²) in [4.78, 5) is 11.6. The molecule has 0 radical (unpaired) electrons. The molecule has 2 N–H and O–H groups in total. The van der Waals surface area contributed by atoms with Gasteiger partial charge in [0, 0.05) is 11.8 Å². The lowest BCUT2D eigenvalue weighted by atomic mass is 10.2. The number of aromatic nitrogens is 5. The Hall–Kier alpha value is -3.82. The average molecular weight is 368 g/mol. The normalized spacial score (nSPS) is 10.8. The molecule has 138 valence electrons. The molecule has 0 aliphatic heterocycles. The highest BCUT2D eigenvalue weighted by Gasteiger charge is 2.14. The minimum absolute atomic E-state index is 0.186. The number of hydrogen-bond donors (Lipinski definition) is 2. The van der Waals surface area contributed by atoms with E-state index in [9.17, 15) is 0 Å². The van der Waals surface area contributed by atoms with Crippen LogP contribution in [0.2, 0.25) is 0 Å². The van der Waals surface area contributed by atoms with Gasteiger partial charge in [-0.15, -0.1) is 5.10 Å². The number of benzene rings is 1. The van der Waals surface area contributed by atoms with Crippen molar-refractivity contribution in [3.8, 4) is 28.8 Å². The molecule has 0 saturated heterocycles. The van der Waals surface area contributed by atoms with Gasteiger partial charge in [0.25, 0.3) is 0 Å². The van der Waals surface area contributed by atoms with Crippen LogP contribution in [0, 0.1) is 0 Å². The summed E-state index contributed by atoms with van der Waals surface area (Å²) in [5.74, 6) is 2.37. The second kappa shape index (κ2) is 6.83. The molecule has 0 unspecified atom stereocenters. The molecule has 10 nitrogen and oxygen atoms in total. The Kier molecular flexibility index (Phi) is 4.21. The molecule has 0 bridgehead atoms. The van der Waals surface area contributed by atoms with Crippen molar-refractivity contribution in [1.29, 1.82) is 0 Å². The Bertz CT molecular complexity index is 1090. The molecule has 0 spiro atoms. The van der Waals surface area contributed by atoms with Gasteiger partial charge in [-0.2, -0.15) is 0 Å². The van der Waals surface area contributed by atoms with Crippen LogP contribution in [0.15, 0.2) is 34.9 Å². The Morgan fingerprint density at radius 3 is 2.63 bits per heavy atom. The summed E-state index contributed by atoms with van der Waals surface area (Å²) in [7, 11) is 4.67. The third kappa shape index (κ3) is 3.08. The predicted molar refractivity (Wildman–Crippen MR) is 96.6 cm³/mol. The van der Waals surface area contributed by atoms with E-state index in [1.165, 1.54) is 7.11 Å². The molecule has 0 aliphatic rings. The van der Waals surface area contributed by atoms with Gasteiger partial charge >= 0.3 is 6.01 Å². The SMILES string of the molecule is COc1ccc(-c2nnc(Nc3nc4c(OC)nccc4[nH]3)o2)cc1OC. The minimum Gasteiger partial charge on any atom is -0.493 e. The molecule has 0 aliphatic carbocycles. The average Bonchev–Trinajstić information content (AvgIpc) is 3.33. The van der Waals surface area contributed by atoms with Crippen molar-refractivity contribution in [2.45, 2.75) is 0 Å². The Morgan fingerprint density at radius 2 is 1.85 bits per heavy atom. The van der Waals surface area contributed by atoms with Crippen LogP contribution in [0.4, 0.5) is 12.0 Å². The quantitative estimate of drug-likeness (QED) is 0.529. The van der Waals surface area contributed by atoms with Gasteiger partial charge in [-0.3, -0.25) is 5.32 Å². The van der Waals surface area contributed by atoms with E-state index in [2.05, 4.69) is 30.5 Å². The van der Waals surface area contributed by atoms with Gasteiger partial charge in [0.05, 0.1) is 26.8 Å². The second-order valence-electron chi connectivity index (χ2n) is 5.41. The van der Waals surface area contributed by atoms with Gasteiger partial charge in [0.15, 0.2) is 17.0 Å². The van der Waals surface area contributed by atoms with E-state index in [0.29, 0.717) is 40.3 Å². The van der Waals surface area contributed by atoms with Crippen molar-refractivity contribution in [3.05, 3.63) is 30.5 Å². The van der Waals surface area contributed by atoms with Crippen molar-refractivity contribution in [2.75, 3.05) is 26.6 Å². The van der Waals surface area contributed by atoms with Crippen LogP contribution in [0.3, 0.4) is 0 Å². The summed E-state index contributed by atoms with van der Waals surface area (Å²) < 4.78 is 21.4. The molecule has 0 atom stereocenters.